The second kappa shape index (κ2) is 4.06. The second-order valence-electron chi connectivity index (χ2n) is 4.23. The first-order valence-corrected chi connectivity index (χ1v) is 8.85. The zero-order chi connectivity index (χ0) is 11.1. The van der Waals surface area contributed by atoms with Gasteiger partial charge < -0.3 is 0 Å². The Hall–Kier alpha value is -0.0800. The fraction of sp³-hybridized carbons (Fsp3) is 0.455. The molecule has 1 aliphatic rings. The summed E-state index contributed by atoms with van der Waals surface area (Å²) >= 11 is 4.66. The molecule has 0 amide bonds. The van der Waals surface area contributed by atoms with Crippen LogP contribution >= 0.6 is 19.1 Å². The van der Waals surface area contributed by atoms with Crippen molar-refractivity contribution in [2.45, 2.75) is 19.1 Å². The van der Waals surface area contributed by atoms with Crippen LogP contribution in [0.3, 0.4) is 0 Å². The van der Waals surface area contributed by atoms with Crippen molar-refractivity contribution in [3.63, 3.8) is 0 Å². The van der Waals surface area contributed by atoms with E-state index in [1.165, 1.54) is 5.56 Å². The van der Waals surface area contributed by atoms with Crippen molar-refractivity contribution >= 4 is 19.1 Å². The quantitative estimate of drug-likeness (QED) is 0.601. The summed E-state index contributed by atoms with van der Waals surface area (Å²) in [5, 5.41) is 0. The van der Waals surface area contributed by atoms with Gasteiger partial charge in [0.25, 0.3) is 0 Å². The first-order chi connectivity index (χ1) is 7.02. The number of thiol groups is 1. The monoisotopic (exact) mass is 243 g/mol. The topological polar surface area (TPSA) is 12.5 Å². The minimum atomic E-state index is -1.92. The third-order valence-electron chi connectivity index (χ3n) is 3.18. The van der Waals surface area contributed by atoms with Gasteiger partial charge in [0.15, 0.2) is 0 Å². The van der Waals surface area contributed by atoms with Gasteiger partial charge >= 0.3 is 97.0 Å². The van der Waals surface area contributed by atoms with Gasteiger partial charge in [-0.2, -0.15) is 0 Å². The molecular formula is C11H18NOPS. The van der Waals surface area contributed by atoms with Gasteiger partial charge in [-0.1, -0.05) is 0 Å². The number of hydrogen-bond acceptors (Lipinski definition) is 3. The molecule has 4 heteroatoms. The van der Waals surface area contributed by atoms with E-state index in [-0.39, 0.29) is 6.10 Å². The SMILES string of the molecule is C[C@H]1[C@@H](c2ccccc2)O[PH](C)(S)N1C. The molecule has 2 nitrogen and oxygen atoms in total. The molecule has 0 aliphatic carbocycles. The molecule has 2 atom stereocenters. The fourth-order valence-electron chi connectivity index (χ4n) is 1.99. The molecular weight excluding hydrogens is 225 g/mol. The molecule has 0 unspecified atom stereocenters. The maximum absolute atomic E-state index is 6.09. The van der Waals surface area contributed by atoms with Gasteiger partial charge in [-0.25, -0.2) is 0 Å². The van der Waals surface area contributed by atoms with Gasteiger partial charge in [0.05, 0.1) is 0 Å². The van der Waals surface area contributed by atoms with Crippen LogP contribution in [0.2, 0.25) is 0 Å². The van der Waals surface area contributed by atoms with Crippen molar-refractivity contribution in [2.75, 3.05) is 13.7 Å². The summed E-state index contributed by atoms with van der Waals surface area (Å²) in [6.45, 7) is 2.40. The van der Waals surface area contributed by atoms with Crippen LogP contribution in [0.15, 0.2) is 30.3 Å². The van der Waals surface area contributed by atoms with Gasteiger partial charge in [0.1, 0.15) is 0 Å². The van der Waals surface area contributed by atoms with Crippen LogP contribution in [0, 0.1) is 0 Å². The first-order valence-electron chi connectivity index (χ1n) is 5.20. The first kappa shape index (κ1) is 11.4. The van der Waals surface area contributed by atoms with Crippen molar-refractivity contribution < 1.29 is 4.52 Å². The molecule has 1 aromatic rings. The van der Waals surface area contributed by atoms with E-state index < -0.39 is 6.84 Å². The van der Waals surface area contributed by atoms with E-state index in [0.29, 0.717) is 6.04 Å². The third-order valence-corrected chi connectivity index (χ3v) is 6.86. The summed E-state index contributed by atoms with van der Waals surface area (Å²) in [4.78, 5) is 0. The average Bonchev–Trinajstić information content (AvgIpc) is 2.44. The van der Waals surface area contributed by atoms with Crippen LogP contribution in [0.4, 0.5) is 0 Å². The molecule has 0 N–H and O–H groups in total. The molecule has 1 aliphatic heterocycles. The summed E-state index contributed by atoms with van der Waals surface area (Å²) in [6, 6.07) is 10.8. The summed E-state index contributed by atoms with van der Waals surface area (Å²) in [5.74, 6) is 0. The van der Waals surface area contributed by atoms with Crippen LogP contribution in [-0.4, -0.2) is 24.4 Å². The van der Waals surface area contributed by atoms with Gasteiger partial charge in [-0.15, -0.1) is 0 Å². The molecule has 1 aromatic carbocycles. The van der Waals surface area contributed by atoms with E-state index in [4.69, 9.17) is 4.52 Å². The van der Waals surface area contributed by atoms with Crippen molar-refractivity contribution in [3.8, 4) is 0 Å². The van der Waals surface area contributed by atoms with Gasteiger partial charge in [-0.05, 0) is 0 Å². The summed E-state index contributed by atoms with van der Waals surface area (Å²) in [7, 11) is 2.10. The Balaban J connectivity index is 2.27. The number of benzene rings is 1. The molecule has 1 heterocycles. The molecule has 2 rings (SSSR count). The molecule has 0 saturated carbocycles. The standard InChI is InChI=1S/C11H18NOPS/c1-9-11(10-7-5-4-6-8-10)13-14(3,15)12(9)2/h4-9,11,14-15H,1-3H3/t9-,11-/m0/s1. The Morgan fingerprint density at radius 3 is 2.40 bits per heavy atom. The summed E-state index contributed by atoms with van der Waals surface area (Å²) < 4.78 is 8.37. The van der Waals surface area contributed by atoms with E-state index in [1.807, 2.05) is 6.07 Å². The van der Waals surface area contributed by atoms with E-state index >= 15 is 0 Å². The van der Waals surface area contributed by atoms with Crippen LogP contribution in [0.1, 0.15) is 18.6 Å². The van der Waals surface area contributed by atoms with Crippen molar-refractivity contribution in [1.29, 1.82) is 0 Å². The molecule has 1 fully saturated rings. The molecule has 0 aromatic heterocycles. The van der Waals surface area contributed by atoms with Crippen molar-refractivity contribution in [2.24, 2.45) is 0 Å². The normalized spacial score (nSPS) is 32.8. The van der Waals surface area contributed by atoms with E-state index in [1.54, 1.807) is 0 Å². The second-order valence-corrected chi connectivity index (χ2v) is 9.53. The Kier molecular flexibility index (Phi) is 3.09. The third kappa shape index (κ3) is 2.07. The maximum atomic E-state index is 6.09. The van der Waals surface area contributed by atoms with Crippen molar-refractivity contribution in [1.82, 2.24) is 4.67 Å². The summed E-state index contributed by atoms with van der Waals surface area (Å²) in [6.07, 6.45) is 0.172. The molecule has 84 valence electrons. The molecule has 0 spiro atoms. The van der Waals surface area contributed by atoms with Gasteiger partial charge in [0, 0.05) is 0 Å². The molecule has 0 bridgehead atoms. The number of hydrogen-bond donors (Lipinski definition) is 1. The average molecular weight is 243 g/mol. The molecule has 15 heavy (non-hydrogen) atoms. The number of nitrogens with zero attached hydrogens (tertiary/aromatic N) is 1. The Labute approximate surface area is 97.3 Å². The van der Waals surface area contributed by atoms with E-state index in [9.17, 15) is 0 Å². The van der Waals surface area contributed by atoms with Crippen LogP contribution in [0.25, 0.3) is 0 Å². The Bertz CT molecular complexity index is 344. The zero-order valence-electron chi connectivity index (χ0n) is 9.34. The molecule has 0 radical (unpaired) electrons. The predicted octanol–water partition coefficient (Wildman–Crippen LogP) is 3.13. The summed E-state index contributed by atoms with van der Waals surface area (Å²) in [5.41, 5.74) is 1.25. The predicted molar refractivity (Wildman–Crippen MR) is 70.7 cm³/mol. The van der Waals surface area contributed by atoms with E-state index in [2.05, 4.69) is 61.8 Å². The minimum absolute atomic E-state index is 0.172. The van der Waals surface area contributed by atoms with Crippen LogP contribution < -0.4 is 0 Å². The Morgan fingerprint density at radius 1 is 1.33 bits per heavy atom. The van der Waals surface area contributed by atoms with Gasteiger partial charge in [0.2, 0.25) is 0 Å². The van der Waals surface area contributed by atoms with Crippen LogP contribution in [-0.2, 0) is 4.52 Å². The van der Waals surface area contributed by atoms with Crippen molar-refractivity contribution in [3.05, 3.63) is 35.9 Å². The van der Waals surface area contributed by atoms with E-state index in [0.717, 1.165) is 0 Å². The fourth-order valence-corrected chi connectivity index (χ4v) is 4.75. The zero-order valence-corrected chi connectivity index (χ0v) is 11.2. The Morgan fingerprint density at radius 2 is 1.93 bits per heavy atom. The number of likely N-dealkylation sites (N-methyl/N-ethyl adjacent to an activating group) is 1. The van der Waals surface area contributed by atoms with Crippen LogP contribution in [0.5, 0.6) is 0 Å². The molecule has 1 saturated heterocycles. The van der Waals surface area contributed by atoms with Gasteiger partial charge in [-0.3, -0.25) is 0 Å². The number of rotatable bonds is 1.